The third-order valence-electron chi connectivity index (χ3n) is 1.26. The molecule has 0 radical (unpaired) electrons. The molecule has 0 unspecified atom stereocenters. The first-order chi connectivity index (χ1) is 4.72. The molecule has 2 heteroatoms. The van der Waals surface area contributed by atoms with E-state index >= 15 is 0 Å². The largest absolute Gasteiger partial charge is 0.122 e. The number of benzene rings is 1. The van der Waals surface area contributed by atoms with Gasteiger partial charge in [-0.2, -0.15) is 0 Å². The number of halogens is 2. The summed E-state index contributed by atoms with van der Waals surface area (Å²) in [5.41, 5.74) is 2.40. The molecule has 0 heterocycles. The van der Waals surface area contributed by atoms with Crippen molar-refractivity contribution in [2.45, 2.75) is 12.8 Å². The summed E-state index contributed by atoms with van der Waals surface area (Å²) in [6, 6.07) is 6.17. The van der Waals surface area contributed by atoms with E-state index in [1.165, 1.54) is 5.56 Å². The summed E-state index contributed by atoms with van der Waals surface area (Å²) in [7, 11) is 0. The molecule has 0 amide bonds. The van der Waals surface area contributed by atoms with E-state index in [4.69, 9.17) is 11.6 Å². The Bertz CT molecular complexity index is 212. The molecule has 0 aliphatic carbocycles. The minimum absolute atomic E-state index is 0.584. The highest BCUT2D eigenvalue weighted by molar-refractivity contribution is 9.10. The fourth-order valence-electron chi connectivity index (χ4n) is 0.889. The molecule has 0 aromatic heterocycles. The maximum atomic E-state index is 5.65. The Kier molecular flexibility index (Phi) is 2.75. The van der Waals surface area contributed by atoms with Gasteiger partial charge in [-0.05, 0) is 30.2 Å². The standard InChI is InChI=1S/C8H8BrCl/c1-6-2-7(5-10)4-8(9)3-6/h2-4H,5H2,1H3. The zero-order valence-electron chi connectivity index (χ0n) is 5.70. The zero-order chi connectivity index (χ0) is 7.56. The van der Waals surface area contributed by atoms with Crippen LogP contribution in [0.2, 0.25) is 0 Å². The van der Waals surface area contributed by atoms with Gasteiger partial charge in [-0.25, -0.2) is 0 Å². The van der Waals surface area contributed by atoms with E-state index < -0.39 is 0 Å². The van der Waals surface area contributed by atoms with Crippen LogP contribution in [0.1, 0.15) is 11.1 Å². The van der Waals surface area contributed by atoms with Crippen molar-refractivity contribution in [1.29, 1.82) is 0 Å². The smallest absolute Gasteiger partial charge is 0.0474 e. The first kappa shape index (κ1) is 8.09. The first-order valence-electron chi connectivity index (χ1n) is 3.04. The molecular formula is C8H8BrCl. The lowest BCUT2D eigenvalue weighted by molar-refractivity contribution is 1.33. The molecule has 0 N–H and O–H groups in total. The molecule has 54 valence electrons. The highest BCUT2D eigenvalue weighted by Gasteiger charge is 1.93. The second-order valence-corrected chi connectivity index (χ2v) is 3.45. The van der Waals surface area contributed by atoms with Crippen molar-refractivity contribution in [3.05, 3.63) is 33.8 Å². The van der Waals surface area contributed by atoms with Gasteiger partial charge in [-0.3, -0.25) is 0 Å². The highest BCUT2D eigenvalue weighted by Crippen LogP contribution is 2.16. The Hall–Kier alpha value is -0.0100. The van der Waals surface area contributed by atoms with Crippen molar-refractivity contribution in [2.75, 3.05) is 0 Å². The van der Waals surface area contributed by atoms with E-state index in [9.17, 15) is 0 Å². The van der Waals surface area contributed by atoms with Crippen molar-refractivity contribution < 1.29 is 0 Å². The SMILES string of the molecule is Cc1cc(Br)cc(CCl)c1. The quantitative estimate of drug-likeness (QED) is 0.634. The Morgan fingerprint density at radius 2 is 2.10 bits per heavy atom. The molecule has 0 saturated carbocycles. The Balaban J connectivity index is 3.06. The molecule has 1 aromatic rings. The van der Waals surface area contributed by atoms with Crippen molar-refractivity contribution in [3.63, 3.8) is 0 Å². The van der Waals surface area contributed by atoms with Gasteiger partial charge in [0.25, 0.3) is 0 Å². The third kappa shape index (κ3) is 1.99. The molecule has 10 heavy (non-hydrogen) atoms. The van der Waals surface area contributed by atoms with Gasteiger partial charge in [0.05, 0.1) is 0 Å². The molecule has 0 nitrogen and oxygen atoms in total. The Morgan fingerprint density at radius 3 is 2.60 bits per heavy atom. The monoisotopic (exact) mass is 218 g/mol. The van der Waals surface area contributed by atoms with Crippen molar-refractivity contribution >= 4 is 27.5 Å². The molecule has 0 fully saturated rings. The fourth-order valence-corrected chi connectivity index (χ4v) is 1.70. The number of alkyl halides is 1. The van der Waals surface area contributed by atoms with Gasteiger partial charge in [0, 0.05) is 10.4 Å². The van der Waals surface area contributed by atoms with Crippen molar-refractivity contribution in [3.8, 4) is 0 Å². The molecule has 1 aromatic carbocycles. The van der Waals surface area contributed by atoms with E-state index in [1.807, 2.05) is 6.07 Å². The molecule has 0 bridgehead atoms. The second-order valence-electron chi connectivity index (χ2n) is 2.27. The van der Waals surface area contributed by atoms with Crippen LogP contribution in [0, 0.1) is 6.92 Å². The summed E-state index contributed by atoms with van der Waals surface area (Å²) < 4.78 is 1.10. The van der Waals surface area contributed by atoms with Gasteiger partial charge in [-0.1, -0.05) is 22.0 Å². The summed E-state index contributed by atoms with van der Waals surface area (Å²) in [6.07, 6.45) is 0. The van der Waals surface area contributed by atoms with Crippen LogP contribution in [0.5, 0.6) is 0 Å². The summed E-state index contributed by atoms with van der Waals surface area (Å²) >= 11 is 9.05. The number of rotatable bonds is 1. The molecule has 0 saturated heterocycles. The van der Waals surface area contributed by atoms with Crippen LogP contribution >= 0.6 is 27.5 Å². The predicted molar refractivity (Wildman–Crippen MR) is 48.4 cm³/mol. The number of hydrogen-bond donors (Lipinski definition) is 0. The lowest BCUT2D eigenvalue weighted by Gasteiger charge is -1.98. The minimum Gasteiger partial charge on any atom is -0.122 e. The van der Waals surface area contributed by atoms with Crippen LogP contribution in [0.25, 0.3) is 0 Å². The lowest BCUT2D eigenvalue weighted by atomic mass is 10.2. The number of aryl methyl sites for hydroxylation is 1. The second kappa shape index (κ2) is 3.40. The molecule has 0 aliphatic heterocycles. The summed E-state index contributed by atoms with van der Waals surface area (Å²) in [5, 5.41) is 0. The van der Waals surface area contributed by atoms with E-state index in [2.05, 4.69) is 35.0 Å². The van der Waals surface area contributed by atoms with Crippen LogP contribution in [0.15, 0.2) is 22.7 Å². The summed E-state index contributed by atoms with van der Waals surface area (Å²) in [6.45, 7) is 2.06. The van der Waals surface area contributed by atoms with E-state index in [-0.39, 0.29) is 0 Å². The molecule has 1 rings (SSSR count). The van der Waals surface area contributed by atoms with Crippen LogP contribution in [-0.2, 0) is 5.88 Å². The summed E-state index contributed by atoms with van der Waals surface area (Å²) in [4.78, 5) is 0. The zero-order valence-corrected chi connectivity index (χ0v) is 8.04. The fraction of sp³-hybridized carbons (Fsp3) is 0.250. The maximum Gasteiger partial charge on any atom is 0.0474 e. The minimum atomic E-state index is 0.584. The van der Waals surface area contributed by atoms with Crippen LogP contribution in [0.4, 0.5) is 0 Å². The predicted octanol–water partition coefficient (Wildman–Crippen LogP) is 3.50. The van der Waals surface area contributed by atoms with Gasteiger partial charge >= 0.3 is 0 Å². The topological polar surface area (TPSA) is 0 Å². The lowest BCUT2D eigenvalue weighted by Crippen LogP contribution is -1.79. The van der Waals surface area contributed by atoms with E-state index in [1.54, 1.807) is 0 Å². The van der Waals surface area contributed by atoms with Gasteiger partial charge < -0.3 is 0 Å². The molecule has 0 spiro atoms. The molecule has 0 atom stereocenters. The molecular weight excluding hydrogens is 211 g/mol. The Morgan fingerprint density at radius 1 is 1.40 bits per heavy atom. The van der Waals surface area contributed by atoms with Gasteiger partial charge in [-0.15, -0.1) is 11.6 Å². The average molecular weight is 220 g/mol. The van der Waals surface area contributed by atoms with E-state index in [0.717, 1.165) is 10.0 Å². The van der Waals surface area contributed by atoms with Gasteiger partial charge in [0.1, 0.15) is 0 Å². The first-order valence-corrected chi connectivity index (χ1v) is 4.37. The van der Waals surface area contributed by atoms with Crippen molar-refractivity contribution in [2.24, 2.45) is 0 Å². The van der Waals surface area contributed by atoms with Crippen LogP contribution < -0.4 is 0 Å². The molecule has 0 aliphatic rings. The number of hydrogen-bond acceptors (Lipinski definition) is 0. The van der Waals surface area contributed by atoms with E-state index in [0.29, 0.717) is 5.88 Å². The van der Waals surface area contributed by atoms with Crippen molar-refractivity contribution in [1.82, 2.24) is 0 Å². The average Bonchev–Trinajstić information content (AvgIpc) is 1.85. The highest BCUT2D eigenvalue weighted by atomic mass is 79.9. The maximum absolute atomic E-state index is 5.65. The normalized spacial score (nSPS) is 9.90. The third-order valence-corrected chi connectivity index (χ3v) is 2.02. The van der Waals surface area contributed by atoms with Gasteiger partial charge in [0.2, 0.25) is 0 Å². The van der Waals surface area contributed by atoms with Crippen LogP contribution in [-0.4, -0.2) is 0 Å². The van der Waals surface area contributed by atoms with Crippen LogP contribution in [0.3, 0.4) is 0 Å². The Labute approximate surface area is 74.3 Å². The van der Waals surface area contributed by atoms with Gasteiger partial charge in [0.15, 0.2) is 0 Å². The summed E-state index contributed by atoms with van der Waals surface area (Å²) in [5.74, 6) is 0.584.